The van der Waals surface area contributed by atoms with E-state index in [1.54, 1.807) is 0 Å². The van der Waals surface area contributed by atoms with E-state index in [0.29, 0.717) is 5.13 Å². The maximum Gasteiger partial charge on any atom is 0.203 e. The summed E-state index contributed by atoms with van der Waals surface area (Å²) >= 11 is 1.41. The second-order valence-corrected chi connectivity index (χ2v) is 5.47. The number of aryl methyl sites for hydroxylation is 2. The van der Waals surface area contributed by atoms with Crippen LogP contribution in [0.25, 0.3) is 21.5 Å². The molecule has 0 bridgehead atoms. The van der Waals surface area contributed by atoms with Gasteiger partial charge in [-0.25, -0.2) is 0 Å². The summed E-state index contributed by atoms with van der Waals surface area (Å²) in [4.78, 5) is 4.57. The molecular weight excluding hydrogens is 256 g/mol. The average molecular weight is 270 g/mol. The summed E-state index contributed by atoms with van der Waals surface area (Å²) in [5, 5.41) is 10.5. The van der Waals surface area contributed by atoms with Crippen molar-refractivity contribution in [3.05, 3.63) is 35.5 Å². The minimum absolute atomic E-state index is 0.490. The Balaban J connectivity index is 2.32. The van der Waals surface area contributed by atoms with Crippen molar-refractivity contribution < 1.29 is 0 Å². The molecule has 0 aliphatic rings. The molecule has 0 unspecified atom stereocenters. The number of anilines is 1. The SMILES string of the molecule is CCc1ccc2nc(C)cc(-c3nnc(N)s3)c2c1. The molecule has 0 atom stereocenters. The smallest absolute Gasteiger partial charge is 0.203 e. The quantitative estimate of drug-likeness (QED) is 0.776. The van der Waals surface area contributed by atoms with Crippen molar-refractivity contribution in [3.63, 3.8) is 0 Å². The van der Waals surface area contributed by atoms with E-state index >= 15 is 0 Å². The highest BCUT2D eigenvalue weighted by molar-refractivity contribution is 7.18. The van der Waals surface area contributed by atoms with Crippen LogP contribution in [0, 0.1) is 6.92 Å². The summed E-state index contributed by atoms with van der Waals surface area (Å²) in [6, 6.07) is 8.40. The van der Waals surface area contributed by atoms with E-state index in [9.17, 15) is 0 Å². The standard InChI is InChI=1S/C14H14N4S/c1-3-9-4-5-12-10(7-9)11(6-8(2)16-12)13-17-18-14(15)19-13/h4-7H,3H2,1-2H3,(H2,15,18). The molecule has 2 N–H and O–H groups in total. The van der Waals surface area contributed by atoms with E-state index in [1.165, 1.54) is 16.9 Å². The lowest BCUT2D eigenvalue weighted by molar-refractivity contribution is 1.10. The molecule has 1 aromatic carbocycles. The van der Waals surface area contributed by atoms with Gasteiger partial charge in [-0.15, -0.1) is 10.2 Å². The number of benzene rings is 1. The molecule has 0 fully saturated rings. The van der Waals surface area contributed by atoms with E-state index in [-0.39, 0.29) is 0 Å². The lowest BCUT2D eigenvalue weighted by Gasteiger charge is -2.06. The zero-order valence-electron chi connectivity index (χ0n) is 10.8. The number of hydrogen-bond donors (Lipinski definition) is 1. The van der Waals surface area contributed by atoms with Crippen LogP contribution in [0.4, 0.5) is 5.13 Å². The van der Waals surface area contributed by atoms with Crippen LogP contribution in [0.1, 0.15) is 18.2 Å². The van der Waals surface area contributed by atoms with Gasteiger partial charge in [0.25, 0.3) is 0 Å². The highest BCUT2D eigenvalue weighted by Crippen LogP contribution is 2.32. The minimum Gasteiger partial charge on any atom is -0.374 e. The van der Waals surface area contributed by atoms with Crippen molar-refractivity contribution in [2.75, 3.05) is 5.73 Å². The number of fused-ring (bicyclic) bond motifs is 1. The highest BCUT2D eigenvalue weighted by atomic mass is 32.1. The van der Waals surface area contributed by atoms with E-state index in [4.69, 9.17) is 5.73 Å². The first-order chi connectivity index (χ1) is 9.17. The molecule has 0 spiro atoms. The van der Waals surface area contributed by atoms with Crippen LogP contribution in [0.15, 0.2) is 24.3 Å². The van der Waals surface area contributed by atoms with E-state index in [1.807, 2.05) is 13.0 Å². The molecule has 2 heterocycles. The third kappa shape index (κ3) is 2.17. The normalized spacial score (nSPS) is 11.1. The topological polar surface area (TPSA) is 64.7 Å². The van der Waals surface area contributed by atoms with Crippen molar-refractivity contribution in [1.82, 2.24) is 15.2 Å². The first kappa shape index (κ1) is 12.0. The van der Waals surface area contributed by atoms with Gasteiger partial charge in [0.2, 0.25) is 5.13 Å². The number of aromatic nitrogens is 3. The van der Waals surface area contributed by atoms with Crippen molar-refractivity contribution in [3.8, 4) is 10.6 Å². The molecule has 3 rings (SSSR count). The van der Waals surface area contributed by atoms with Gasteiger partial charge in [0.05, 0.1) is 5.52 Å². The van der Waals surface area contributed by atoms with Crippen LogP contribution < -0.4 is 5.73 Å². The monoisotopic (exact) mass is 270 g/mol. The second-order valence-electron chi connectivity index (χ2n) is 4.46. The summed E-state index contributed by atoms with van der Waals surface area (Å²) in [5.41, 5.74) is 9.99. The highest BCUT2D eigenvalue weighted by Gasteiger charge is 2.11. The lowest BCUT2D eigenvalue weighted by atomic mass is 10.0. The predicted molar refractivity (Wildman–Crippen MR) is 79.2 cm³/mol. The van der Waals surface area contributed by atoms with Crippen LogP contribution in [-0.2, 0) is 6.42 Å². The molecule has 19 heavy (non-hydrogen) atoms. The molecule has 0 aliphatic carbocycles. The Morgan fingerprint density at radius 1 is 1.21 bits per heavy atom. The molecular formula is C14H14N4S. The van der Waals surface area contributed by atoms with Crippen molar-refractivity contribution in [2.45, 2.75) is 20.3 Å². The maximum atomic E-state index is 5.68. The van der Waals surface area contributed by atoms with E-state index in [0.717, 1.165) is 33.6 Å². The molecule has 4 nitrogen and oxygen atoms in total. The molecule has 96 valence electrons. The Morgan fingerprint density at radius 2 is 2.05 bits per heavy atom. The Hall–Kier alpha value is -2.01. The predicted octanol–water partition coefficient (Wildman–Crippen LogP) is 3.21. The van der Waals surface area contributed by atoms with Gasteiger partial charge in [0, 0.05) is 16.6 Å². The average Bonchev–Trinajstić information content (AvgIpc) is 2.84. The fourth-order valence-electron chi connectivity index (χ4n) is 2.15. The summed E-state index contributed by atoms with van der Waals surface area (Å²) in [5.74, 6) is 0. The van der Waals surface area contributed by atoms with Gasteiger partial charge in [-0.05, 0) is 37.1 Å². The second kappa shape index (κ2) is 4.59. The number of nitrogen functional groups attached to an aromatic ring is 1. The number of nitrogens with two attached hydrogens (primary N) is 1. The van der Waals surface area contributed by atoms with Gasteiger partial charge in [-0.3, -0.25) is 4.98 Å². The number of rotatable bonds is 2. The first-order valence-electron chi connectivity index (χ1n) is 6.17. The van der Waals surface area contributed by atoms with Crippen molar-refractivity contribution in [1.29, 1.82) is 0 Å². The Morgan fingerprint density at radius 3 is 2.74 bits per heavy atom. The third-order valence-corrected chi connectivity index (χ3v) is 3.87. The zero-order valence-corrected chi connectivity index (χ0v) is 11.7. The fourth-order valence-corrected chi connectivity index (χ4v) is 2.79. The van der Waals surface area contributed by atoms with Gasteiger partial charge < -0.3 is 5.73 Å². The molecule has 5 heteroatoms. The summed E-state index contributed by atoms with van der Waals surface area (Å²) in [6.07, 6.45) is 1.00. The van der Waals surface area contributed by atoms with Crippen LogP contribution in [0.2, 0.25) is 0 Å². The minimum atomic E-state index is 0.490. The molecule has 0 radical (unpaired) electrons. The molecule has 2 aromatic heterocycles. The fraction of sp³-hybridized carbons (Fsp3) is 0.214. The summed E-state index contributed by atoms with van der Waals surface area (Å²) in [6.45, 7) is 4.13. The Labute approximate surface area is 115 Å². The van der Waals surface area contributed by atoms with Gasteiger partial charge in [0.15, 0.2) is 0 Å². The number of nitrogens with zero attached hydrogens (tertiary/aromatic N) is 3. The van der Waals surface area contributed by atoms with Crippen molar-refractivity contribution >= 4 is 27.4 Å². The Bertz CT molecular complexity index is 748. The van der Waals surface area contributed by atoms with Gasteiger partial charge in [-0.2, -0.15) is 0 Å². The van der Waals surface area contributed by atoms with Crippen LogP contribution >= 0.6 is 11.3 Å². The van der Waals surface area contributed by atoms with E-state index < -0.39 is 0 Å². The molecule has 0 amide bonds. The molecule has 0 aliphatic heterocycles. The van der Waals surface area contributed by atoms with Crippen molar-refractivity contribution in [2.24, 2.45) is 0 Å². The van der Waals surface area contributed by atoms with Crippen LogP contribution in [-0.4, -0.2) is 15.2 Å². The number of pyridine rings is 1. The first-order valence-corrected chi connectivity index (χ1v) is 6.98. The van der Waals surface area contributed by atoms with Crippen LogP contribution in [0.5, 0.6) is 0 Å². The lowest BCUT2D eigenvalue weighted by Crippen LogP contribution is -1.90. The number of hydrogen-bond acceptors (Lipinski definition) is 5. The van der Waals surface area contributed by atoms with Gasteiger partial charge in [-0.1, -0.05) is 24.3 Å². The maximum absolute atomic E-state index is 5.68. The zero-order chi connectivity index (χ0) is 13.4. The molecule has 3 aromatic rings. The molecule has 0 saturated carbocycles. The third-order valence-electron chi connectivity index (χ3n) is 3.08. The summed E-state index contributed by atoms with van der Waals surface area (Å²) < 4.78 is 0. The molecule has 0 saturated heterocycles. The van der Waals surface area contributed by atoms with Gasteiger partial charge >= 0.3 is 0 Å². The van der Waals surface area contributed by atoms with E-state index in [2.05, 4.69) is 40.3 Å². The largest absolute Gasteiger partial charge is 0.374 e. The summed E-state index contributed by atoms with van der Waals surface area (Å²) in [7, 11) is 0. The Kier molecular flexibility index (Phi) is 2.91. The van der Waals surface area contributed by atoms with Gasteiger partial charge in [0.1, 0.15) is 5.01 Å². The van der Waals surface area contributed by atoms with Crippen LogP contribution in [0.3, 0.4) is 0 Å².